The number of ether oxygens (including phenoxy) is 1. The van der Waals surface area contributed by atoms with E-state index in [4.69, 9.17) is 9.73 Å². The Kier molecular flexibility index (Phi) is 9.25. The van der Waals surface area contributed by atoms with Crippen LogP contribution in [0.25, 0.3) is 22.4 Å². The van der Waals surface area contributed by atoms with E-state index < -0.39 is 0 Å². The average molecular weight is 534 g/mol. The first-order valence-corrected chi connectivity index (χ1v) is 13.2. The van der Waals surface area contributed by atoms with Crippen molar-refractivity contribution in [2.24, 2.45) is 9.98 Å². The van der Waals surface area contributed by atoms with E-state index in [9.17, 15) is 0 Å². The van der Waals surface area contributed by atoms with Crippen LogP contribution in [0.1, 0.15) is 44.4 Å². The molecule has 204 valence electrons. The predicted octanol–water partition coefficient (Wildman–Crippen LogP) is 7.48. The Balaban J connectivity index is 1.63. The Hall–Kier alpha value is -4.98. The number of allylic oxidation sites excluding steroid dienone is 2. The molecule has 40 heavy (non-hydrogen) atoms. The fourth-order valence-electron chi connectivity index (χ4n) is 4.14. The van der Waals surface area contributed by atoms with Crippen LogP contribution in [-0.2, 0) is 6.42 Å². The number of aliphatic imine (C=N–C) groups is 2. The summed E-state index contributed by atoms with van der Waals surface area (Å²) in [4.78, 5) is 9.57. The van der Waals surface area contributed by atoms with Crippen LogP contribution in [0.2, 0.25) is 0 Å². The number of aryl methyl sites for hydroxylation is 1. The maximum atomic E-state index is 5.60. The maximum Gasteiger partial charge on any atom is 0.152 e. The molecule has 3 aromatic carbocycles. The SMILES string of the molecule is C=C(Nc1ccc2n[nH]nc2c1)c1cccc(/C(=C/C)N=C(Nc2ccc(CC)c(OC)c2)C(C)=N/C=C\C)c1. The summed E-state index contributed by atoms with van der Waals surface area (Å²) >= 11 is 0. The molecule has 0 amide bonds. The standard InChI is InChI=1S/C32H35N7O/c1-7-17-33-22(5)32(35-27-14-13-23(8-2)31(20-27)40-6)36-28(9-3)25-12-10-11-24(18-25)21(4)34-26-15-16-29-30(19-26)38-39-37-29/h7,9-20,34H,4,8H2,1-3,5-6H3,(H,35,36)(H,37,38,39)/b17-7-,28-9-,33-22?. The molecule has 0 radical (unpaired) electrons. The minimum absolute atomic E-state index is 0.640. The number of fused-ring (bicyclic) bond motifs is 1. The minimum atomic E-state index is 0.640. The van der Waals surface area contributed by atoms with Crippen LogP contribution in [-0.4, -0.2) is 34.1 Å². The van der Waals surface area contributed by atoms with Gasteiger partial charge in [0, 0.05) is 34.9 Å². The predicted molar refractivity (Wildman–Crippen MR) is 168 cm³/mol. The van der Waals surface area contributed by atoms with Gasteiger partial charge in [0.1, 0.15) is 16.8 Å². The Bertz CT molecular complexity index is 1630. The minimum Gasteiger partial charge on any atom is -0.496 e. The van der Waals surface area contributed by atoms with Crippen molar-refractivity contribution in [2.45, 2.75) is 34.1 Å². The Morgan fingerprint density at radius 1 is 0.975 bits per heavy atom. The number of nitrogens with zero attached hydrogens (tertiary/aromatic N) is 4. The molecule has 0 aliphatic carbocycles. The van der Waals surface area contributed by atoms with Crippen LogP contribution in [0.4, 0.5) is 11.4 Å². The third-order valence-corrected chi connectivity index (χ3v) is 6.31. The van der Waals surface area contributed by atoms with Gasteiger partial charge in [-0.3, -0.25) is 4.99 Å². The summed E-state index contributed by atoms with van der Waals surface area (Å²) < 4.78 is 5.60. The van der Waals surface area contributed by atoms with Crippen molar-refractivity contribution in [1.82, 2.24) is 15.4 Å². The number of benzene rings is 3. The quantitative estimate of drug-likeness (QED) is 0.145. The largest absolute Gasteiger partial charge is 0.496 e. The number of H-pyrrole nitrogens is 1. The fourth-order valence-corrected chi connectivity index (χ4v) is 4.14. The van der Waals surface area contributed by atoms with Crippen molar-refractivity contribution in [3.05, 3.63) is 102 Å². The van der Waals surface area contributed by atoms with Gasteiger partial charge in [-0.15, -0.1) is 0 Å². The summed E-state index contributed by atoms with van der Waals surface area (Å²) in [6.07, 6.45) is 6.52. The first kappa shape index (κ1) is 28.0. The normalized spacial score (nSPS) is 12.7. The number of amidine groups is 1. The van der Waals surface area contributed by atoms with Crippen molar-refractivity contribution in [3.63, 3.8) is 0 Å². The van der Waals surface area contributed by atoms with Gasteiger partial charge in [0.15, 0.2) is 5.84 Å². The molecule has 3 N–H and O–H groups in total. The van der Waals surface area contributed by atoms with E-state index in [0.29, 0.717) is 5.84 Å². The second-order valence-electron chi connectivity index (χ2n) is 9.05. The zero-order chi connectivity index (χ0) is 28.5. The second kappa shape index (κ2) is 13.2. The zero-order valence-corrected chi connectivity index (χ0v) is 23.6. The molecule has 0 aliphatic heterocycles. The van der Waals surface area contributed by atoms with Crippen LogP contribution < -0.4 is 15.4 Å². The Morgan fingerprint density at radius 2 is 1.73 bits per heavy atom. The van der Waals surface area contributed by atoms with Crippen molar-refractivity contribution in [3.8, 4) is 5.75 Å². The summed E-state index contributed by atoms with van der Waals surface area (Å²) in [7, 11) is 1.69. The number of aromatic nitrogens is 3. The molecule has 0 unspecified atom stereocenters. The number of hydrogen-bond donors (Lipinski definition) is 3. The van der Waals surface area contributed by atoms with Crippen molar-refractivity contribution < 1.29 is 4.74 Å². The van der Waals surface area contributed by atoms with Crippen LogP contribution in [0.15, 0.2) is 95.6 Å². The van der Waals surface area contributed by atoms with E-state index in [1.54, 1.807) is 13.3 Å². The van der Waals surface area contributed by atoms with Gasteiger partial charge in [-0.1, -0.05) is 49.9 Å². The Labute approximate surface area is 235 Å². The van der Waals surface area contributed by atoms with E-state index in [1.165, 1.54) is 0 Å². The van der Waals surface area contributed by atoms with Crippen LogP contribution >= 0.6 is 0 Å². The first-order chi connectivity index (χ1) is 19.4. The zero-order valence-electron chi connectivity index (χ0n) is 23.6. The van der Waals surface area contributed by atoms with Gasteiger partial charge in [0.25, 0.3) is 0 Å². The molecule has 1 aromatic heterocycles. The molecule has 0 bridgehead atoms. The lowest BCUT2D eigenvalue weighted by Crippen LogP contribution is -2.21. The monoisotopic (exact) mass is 533 g/mol. The third kappa shape index (κ3) is 6.71. The molecule has 4 rings (SSSR count). The smallest absolute Gasteiger partial charge is 0.152 e. The third-order valence-electron chi connectivity index (χ3n) is 6.31. The lowest BCUT2D eigenvalue weighted by molar-refractivity contribution is 0.410. The molecule has 0 atom stereocenters. The molecule has 1 heterocycles. The number of nitrogens with one attached hydrogen (secondary N) is 3. The lowest BCUT2D eigenvalue weighted by Gasteiger charge is -2.15. The van der Waals surface area contributed by atoms with E-state index >= 15 is 0 Å². The van der Waals surface area contributed by atoms with E-state index in [-0.39, 0.29) is 0 Å². The van der Waals surface area contributed by atoms with Gasteiger partial charge in [-0.2, -0.15) is 15.4 Å². The molecule has 8 nitrogen and oxygen atoms in total. The molecule has 0 spiro atoms. The van der Waals surface area contributed by atoms with Gasteiger partial charge in [-0.25, -0.2) is 4.99 Å². The Morgan fingerprint density at radius 3 is 2.48 bits per heavy atom. The molecule has 0 saturated heterocycles. The fraction of sp³-hybridized carbons (Fsp3) is 0.188. The molecule has 0 saturated carbocycles. The van der Waals surface area contributed by atoms with Crippen molar-refractivity contribution in [2.75, 3.05) is 17.7 Å². The summed E-state index contributed by atoms with van der Waals surface area (Å²) in [6, 6.07) is 20.0. The number of methoxy groups -OCH3 is 1. The van der Waals surface area contributed by atoms with Crippen LogP contribution in [0.3, 0.4) is 0 Å². The van der Waals surface area contributed by atoms with Crippen molar-refractivity contribution in [1.29, 1.82) is 0 Å². The highest BCUT2D eigenvalue weighted by atomic mass is 16.5. The number of rotatable bonds is 10. The topological polar surface area (TPSA) is 99.6 Å². The van der Waals surface area contributed by atoms with E-state index in [2.05, 4.69) is 56.7 Å². The lowest BCUT2D eigenvalue weighted by atomic mass is 10.1. The van der Waals surface area contributed by atoms with Crippen LogP contribution in [0.5, 0.6) is 5.75 Å². The number of hydrogen-bond acceptors (Lipinski definition) is 6. The highest BCUT2D eigenvalue weighted by Crippen LogP contribution is 2.26. The summed E-state index contributed by atoms with van der Waals surface area (Å²) in [5, 5.41) is 17.7. The molecular formula is C32H35N7O. The summed E-state index contributed by atoms with van der Waals surface area (Å²) in [5.41, 5.74) is 8.70. The van der Waals surface area contributed by atoms with E-state index in [0.717, 1.165) is 68.4 Å². The first-order valence-electron chi connectivity index (χ1n) is 13.2. The molecule has 8 heteroatoms. The summed E-state index contributed by atoms with van der Waals surface area (Å²) in [5.74, 6) is 1.48. The molecule has 0 aliphatic rings. The summed E-state index contributed by atoms with van der Waals surface area (Å²) in [6.45, 7) is 12.2. The van der Waals surface area contributed by atoms with Crippen LogP contribution in [0, 0.1) is 0 Å². The second-order valence-corrected chi connectivity index (χ2v) is 9.05. The number of aromatic amines is 1. The number of anilines is 2. The van der Waals surface area contributed by atoms with Gasteiger partial charge in [0.2, 0.25) is 0 Å². The van der Waals surface area contributed by atoms with Gasteiger partial charge >= 0.3 is 0 Å². The average Bonchev–Trinajstić information content (AvgIpc) is 3.46. The highest BCUT2D eigenvalue weighted by Gasteiger charge is 2.11. The van der Waals surface area contributed by atoms with Crippen molar-refractivity contribution >= 4 is 45.3 Å². The van der Waals surface area contributed by atoms with E-state index in [1.807, 2.05) is 81.5 Å². The van der Waals surface area contributed by atoms with Gasteiger partial charge in [-0.05, 0) is 68.7 Å². The molecular weight excluding hydrogens is 498 g/mol. The van der Waals surface area contributed by atoms with Gasteiger partial charge in [0.05, 0.1) is 18.5 Å². The highest BCUT2D eigenvalue weighted by molar-refractivity contribution is 6.45. The van der Waals surface area contributed by atoms with Gasteiger partial charge < -0.3 is 15.4 Å². The maximum absolute atomic E-state index is 5.60. The molecule has 4 aromatic rings. The molecule has 0 fully saturated rings.